The van der Waals surface area contributed by atoms with Gasteiger partial charge in [-0.15, -0.1) is 0 Å². The summed E-state index contributed by atoms with van der Waals surface area (Å²) >= 11 is 0. The number of nitrogens with two attached hydrogens (primary N) is 1. The molecule has 2 rings (SSSR count). The monoisotopic (exact) mass is 213 g/mol. The number of carbonyl (C=O) groups is 1. The first-order valence-electron chi connectivity index (χ1n) is 4.87. The lowest BCUT2D eigenvalue weighted by molar-refractivity contribution is 0.0697. The number of anilines is 1. The van der Waals surface area contributed by atoms with E-state index in [4.69, 9.17) is 10.8 Å². The Balaban J connectivity index is 2.53. The minimum atomic E-state index is -0.934. The third-order valence-electron chi connectivity index (χ3n) is 2.38. The van der Waals surface area contributed by atoms with Crippen molar-refractivity contribution in [2.24, 2.45) is 0 Å². The van der Waals surface area contributed by atoms with Crippen LogP contribution in [0.15, 0.2) is 48.5 Å². The molecule has 0 saturated heterocycles. The van der Waals surface area contributed by atoms with E-state index in [0.29, 0.717) is 5.69 Å². The van der Waals surface area contributed by atoms with Crippen molar-refractivity contribution >= 4 is 11.7 Å². The van der Waals surface area contributed by atoms with Gasteiger partial charge in [0.05, 0.1) is 5.56 Å². The van der Waals surface area contributed by atoms with Crippen LogP contribution < -0.4 is 5.73 Å². The highest BCUT2D eigenvalue weighted by Crippen LogP contribution is 2.25. The zero-order valence-corrected chi connectivity index (χ0v) is 8.55. The van der Waals surface area contributed by atoms with Gasteiger partial charge in [0.2, 0.25) is 0 Å². The van der Waals surface area contributed by atoms with E-state index in [1.165, 1.54) is 0 Å². The minimum absolute atomic E-state index is 0.265. The van der Waals surface area contributed by atoms with Crippen molar-refractivity contribution in [1.82, 2.24) is 0 Å². The lowest BCUT2D eigenvalue weighted by Crippen LogP contribution is -1.96. The number of hydrogen-bond donors (Lipinski definition) is 2. The summed E-state index contributed by atoms with van der Waals surface area (Å²) in [6, 6.07) is 14.1. The summed E-state index contributed by atoms with van der Waals surface area (Å²) in [5.41, 5.74) is 8.41. The molecule has 2 aromatic carbocycles. The second-order valence-electron chi connectivity index (χ2n) is 3.47. The molecule has 0 spiro atoms. The van der Waals surface area contributed by atoms with E-state index in [1.54, 1.807) is 24.3 Å². The largest absolute Gasteiger partial charge is 0.478 e. The van der Waals surface area contributed by atoms with Crippen LogP contribution >= 0.6 is 0 Å². The molecule has 16 heavy (non-hydrogen) atoms. The summed E-state index contributed by atoms with van der Waals surface area (Å²) in [5, 5.41) is 8.89. The molecule has 0 aliphatic rings. The van der Waals surface area contributed by atoms with Crippen LogP contribution in [0.25, 0.3) is 11.1 Å². The Bertz CT molecular complexity index is 535. The highest BCUT2D eigenvalue weighted by atomic mass is 16.4. The Labute approximate surface area is 93.1 Å². The Morgan fingerprint density at radius 2 is 1.81 bits per heavy atom. The molecule has 3 heteroatoms. The van der Waals surface area contributed by atoms with Gasteiger partial charge in [0.1, 0.15) is 0 Å². The summed E-state index contributed by atoms with van der Waals surface area (Å²) in [6.45, 7) is 0. The molecular formula is C13H11NO2. The average molecular weight is 213 g/mol. The van der Waals surface area contributed by atoms with Crippen LogP contribution in [0.5, 0.6) is 0 Å². The van der Waals surface area contributed by atoms with Crippen LogP contribution in [0.1, 0.15) is 10.4 Å². The number of benzene rings is 2. The SMILES string of the molecule is Nc1ccccc1-c1cccc(C(=O)O)c1. The van der Waals surface area contributed by atoms with Gasteiger partial charge in [-0.3, -0.25) is 0 Å². The Kier molecular flexibility index (Phi) is 2.60. The van der Waals surface area contributed by atoms with Crippen LogP contribution in [0.2, 0.25) is 0 Å². The molecule has 80 valence electrons. The molecule has 2 aromatic rings. The van der Waals surface area contributed by atoms with E-state index in [2.05, 4.69) is 0 Å². The second kappa shape index (κ2) is 4.06. The summed E-state index contributed by atoms with van der Waals surface area (Å²) in [6.07, 6.45) is 0. The van der Waals surface area contributed by atoms with Gasteiger partial charge in [-0.2, -0.15) is 0 Å². The Morgan fingerprint density at radius 3 is 2.50 bits per heavy atom. The molecule has 0 aliphatic heterocycles. The molecule has 3 N–H and O–H groups in total. The van der Waals surface area contributed by atoms with Crippen molar-refractivity contribution in [2.75, 3.05) is 5.73 Å². The summed E-state index contributed by atoms with van der Waals surface area (Å²) in [5.74, 6) is -0.934. The number of hydrogen-bond acceptors (Lipinski definition) is 2. The molecule has 0 atom stereocenters. The third kappa shape index (κ3) is 1.88. The highest BCUT2D eigenvalue weighted by Gasteiger charge is 2.06. The standard InChI is InChI=1S/C13H11NO2/c14-12-7-2-1-6-11(12)9-4-3-5-10(8-9)13(15)16/h1-8H,14H2,(H,15,16). The predicted octanol–water partition coefficient (Wildman–Crippen LogP) is 2.63. The third-order valence-corrected chi connectivity index (χ3v) is 2.38. The van der Waals surface area contributed by atoms with Crippen molar-refractivity contribution in [3.8, 4) is 11.1 Å². The van der Waals surface area contributed by atoms with Crippen LogP contribution in [-0.4, -0.2) is 11.1 Å². The molecule has 3 nitrogen and oxygen atoms in total. The van der Waals surface area contributed by atoms with Crippen LogP contribution in [0.4, 0.5) is 5.69 Å². The normalized spacial score (nSPS) is 10.0. The molecule has 0 heterocycles. The van der Waals surface area contributed by atoms with E-state index in [-0.39, 0.29) is 5.56 Å². The van der Waals surface area contributed by atoms with Gasteiger partial charge in [0.25, 0.3) is 0 Å². The van der Waals surface area contributed by atoms with Crippen molar-refractivity contribution in [3.63, 3.8) is 0 Å². The van der Waals surface area contributed by atoms with E-state index >= 15 is 0 Å². The molecule has 0 amide bonds. The fourth-order valence-corrected chi connectivity index (χ4v) is 1.58. The van der Waals surface area contributed by atoms with E-state index in [0.717, 1.165) is 11.1 Å². The topological polar surface area (TPSA) is 63.3 Å². The molecule has 0 fully saturated rings. The number of rotatable bonds is 2. The van der Waals surface area contributed by atoms with Crippen LogP contribution in [-0.2, 0) is 0 Å². The molecule has 0 aliphatic carbocycles. The van der Waals surface area contributed by atoms with Crippen molar-refractivity contribution in [1.29, 1.82) is 0 Å². The maximum Gasteiger partial charge on any atom is 0.335 e. The minimum Gasteiger partial charge on any atom is -0.478 e. The second-order valence-corrected chi connectivity index (χ2v) is 3.47. The average Bonchev–Trinajstić information content (AvgIpc) is 2.30. The van der Waals surface area contributed by atoms with Gasteiger partial charge >= 0.3 is 5.97 Å². The fourth-order valence-electron chi connectivity index (χ4n) is 1.58. The van der Waals surface area contributed by atoms with Crippen molar-refractivity contribution in [2.45, 2.75) is 0 Å². The summed E-state index contributed by atoms with van der Waals surface area (Å²) in [7, 11) is 0. The van der Waals surface area contributed by atoms with Gasteiger partial charge in [-0.1, -0.05) is 30.3 Å². The van der Waals surface area contributed by atoms with Gasteiger partial charge < -0.3 is 10.8 Å². The lowest BCUT2D eigenvalue weighted by Gasteiger charge is -2.05. The molecule has 0 radical (unpaired) electrons. The van der Waals surface area contributed by atoms with Crippen molar-refractivity contribution < 1.29 is 9.90 Å². The Hall–Kier alpha value is -2.29. The number of nitrogen functional groups attached to an aromatic ring is 1. The van der Waals surface area contributed by atoms with Gasteiger partial charge in [-0.25, -0.2) is 4.79 Å². The number of para-hydroxylation sites is 1. The van der Waals surface area contributed by atoms with E-state index in [1.807, 2.05) is 24.3 Å². The zero-order valence-electron chi connectivity index (χ0n) is 8.55. The maximum absolute atomic E-state index is 10.8. The Morgan fingerprint density at radius 1 is 1.06 bits per heavy atom. The molecule has 0 bridgehead atoms. The first-order valence-corrected chi connectivity index (χ1v) is 4.87. The van der Waals surface area contributed by atoms with Crippen LogP contribution in [0.3, 0.4) is 0 Å². The first kappa shape index (κ1) is 10.2. The number of carboxylic acids is 1. The van der Waals surface area contributed by atoms with E-state index in [9.17, 15) is 4.79 Å². The van der Waals surface area contributed by atoms with Gasteiger partial charge in [0.15, 0.2) is 0 Å². The predicted molar refractivity (Wildman–Crippen MR) is 63.2 cm³/mol. The van der Waals surface area contributed by atoms with Crippen LogP contribution in [0, 0.1) is 0 Å². The lowest BCUT2D eigenvalue weighted by atomic mass is 10.0. The number of aromatic carboxylic acids is 1. The molecule has 0 unspecified atom stereocenters. The summed E-state index contributed by atoms with van der Waals surface area (Å²) in [4.78, 5) is 10.8. The zero-order chi connectivity index (χ0) is 11.5. The van der Waals surface area contributed by atoms with E-state index < -0.39 is 5.97 Å². The molecule has 0 aromatic heterocycles. The number of carboxylic acid groups (broad SMARTS) is 1. The highest BCUT2D eigenvalue weighted by molar-refractivity contribution is 5.90. The maximum atomic E-state index is 10.8. The van der Waals surface area contributed by atoms with Crippen molar-refractivity contribution in [3.05, 3.63) is 54.1 Å². The van der Waals surface area contributed by atoms with Gasteiger partial charge in [0, 0.05) is 11.3 Å². The molecule has 0 saturated carbocycles. The molecular weight excluding hydrogens is 202 g/mol. The quantitative estimate of drug-likeness (QED) is 0.754. The first-order chi connectivity index (χ1) is 7.68. The van der Waals surface area contributed by atoms with Gasteiger partial charge in [-0.05, 0) is 23.8 Å². The fraction of sp³-hybridized carbons (Fsp3) is 0. The smallest absolute Gasteiger partial charge is 0.335 e. The summed E-state index contributed by atoms with van der Waals surface area (Å²) < 4.78 is 0.